The molecule has 170 valence electrons. The van der Waals surface area contributed by atoms with Gasteiger partial charge in [0.1, 0.15) is 6.61 Å². The summed E-state index contributed by atoms with van der Waals surface area (Å²) in [6.45, 7) is 2.02. The molecule has 1 aromatic rings. The summed E-state index contributed by atoms with van der Waals surface area (Å²) < 4.78 is 39.0. The second-order valence-corrected chi connectivity index (χ2v) is 7.24. The molecule has 1 saturated carbocycles. The minimum Gasteiger partial charge on any atom is -0.489 e. The summed E-state index contributed by atoms with van der Waals surface area (Å²) in [4.78, 5) is 13.6. The molecule has 1 N–H and O–H groups in total. The number of methoxy groups -OCH3 is 1. The van der Waals surface area contributed by atoms with Gasteiger partial charge in [-0.15, -0.1) is 12.4 Å². The van der Waals surface area contributed by atoms with E-state index in [1.807, 2.05) is 11.9 Å². The van der Waals surface area contributed by atoms with E-state index in [2.05, 4.69) is 5.10 Å². The molecule has 0 unspecified atom stereocenters. The number of ether oxygens (including phenoxy) is 2. The first-order chi connectivity index (χ1) is 13.8. The monoisotopic (exact) mass is 449 g/mol. The van der Waals surface area contributed by atoms with Gasteiger partial charge in [-0.3, -0.25) is 5.01 Å². The van der Waals surface area contributed by atoms with Crippen LogP contribution < -0.4 is 4.74 Å². The molecule has 1 aliphatic carbocycles. The molecule has 1 aliphatic rings. The number of carboxylic acids is 1. The first kappa shape index (κ1) is 26.1. The van der Waals surface area contributed by atoms with Gasteiger partial charge < -0.3 is 19.5 Å². The molecule has 0 radical (unpaired) electrons. The Morgan fingerprint density at radius 2 is 1.83 bits per heavy atom. The Bertz CT molecular complexity index is 730. The molecule has 7 nitrogen and oxygen atoms in total. The van der Waals surface area contributed by atoms with Gasteiger partial charge in [0.2, 0.25) is 5.82 Å². The van der Waals surface area contributed by atoms with Crippen LogP contribution >= 0.6 is 12.4 Å². The summed E-state index contributed by atoms with van der Waals surface area (Å²) in [7, 11) is 5.03. The standard InChI is InChI=1S/C20H29F2N3O4.ClH/c1-24(10-12-28-3)11-13-29-16-7-6-15(17(21)18(16)22)14-23-25(2)20(19(26)27)8-4-5-9-20;/h6-7,14H,4-5,8-13H2,1-3H3,(H,26,27);1H/b23-14+;. The first-order valence-corrected chi connectivity index (χ1v) is 9.61. The van der Waals surface area contributed by atoms with E-state index in [9.17, 15) is 18.7 Å². The third kappa shape index (κ3) is 6.26. The SMILES string of the molecule is COCCN(C)CCOc1ccc(/C=N/N(C)C2(C(=O)O)CCCC2)c(F)c1F.Cl. The van der Waals surface area contributed by atoms with Gasteiger partial charge in [0.15, 0.2) is 17.1 Å². The summed E-state index contributed by atoms with van der Waals surface area (Å²) in [5.41, 5.74) is -1.17. The lowest BCUT2D eigenvalue weighted by Crippen LogP contribution is -2.48. The highest BCUT2D eigenvalue weighted by Gasteiger charge is 2.45. The molecule has 0 spiro atoms. The molecule has 0 saturated heterocycles. The molecule has 10 heteroatoms. The van der Waals surface area contributed by atoms with E-state index in [-0.39, 0.29) is 30.3 Å². The predicted molar refractivity (Wildman–Crippen MR) is 113 cm³/mol. The molecule has 2 rings (SSSR count). The van der Waals surface area contributed by atoms with Crippen molar-refractivity contribution in [2.75, 3.05) is 47.5 Å². The van der Waals surface area contributed by atoms with Crippen molar-refractivity contribution in [2.24, 2.45) is 5.10 Å². The van der Waals surface area contributed by atoms with Crippen LogP contribution in [0.4, 0.5) is 8.78 Å². The average Bonchev–Trinajstić information content (AvgIpc) is 3.20. The lowest BCUT2D eigenvalue weighted by molar-refractivity contribution is -0.150. The minimum atomic E-state index is -1.09. The number of benzene rings is 1. The van der Waals surface area contributed by atoms with Crippen molar-refractivity contribution in [2.45, 2.75) is 31.2 Å². The number of carboxylic acid groups (broad SMARTS) is 1. The van der Waals surface area contributed by atoms with Crippen LogP contribution in [0.5, 0.6) is 5.75 Å². The third-order valence-corrected chi connectivity index (χ3v) is 5.30. The second-order valence-electron chi connectivity index (χ2n) is 7.24. The van der Waals surface area contributed by atoms with Crippen molar-refractivity contribution >= 4 is 24.6 Å². The number of likely N-dealkylation sites (N-methyl/N-ethyl adjacent to an activating group) is 2. The molecule has 0 heterocycles. The molecular formula is C20H30ClF2N3O4. The summed E-state index contributed by atoms with van der Waals surface area (Å²) in [5.74, 6) is -3.31. The van der Waals surface area contributed by atoms with E-state index in [0.717, 1.165) is 19.1 Å². The lowest BCUT2D eigenvalue weighted by Gasteiger charge is -2.32. The second kappa shape index (κ2) is 12.0. The number of nitrogens with zero attached hydrogens (tertiary/aromatic N) is 3. The lowest BCUT2D eigenvalue weighted by atomic mass is 9.98. The molecule has 0 atom stereocenters. The molecular weight excluding hydrogens is 420 g/mol. The Balaban J connectivity index is 0.00000450. The van der Waals surface area contributed by atoms with Crippen LogP contribution in [0.2, 0.25) is 0 Å². The van der Waals surface area contributed by atoms with Gasteiger partial charge in [-0.25, -0.2) is 9.18 Å². The van der Waals surface area contributed by atoms with Crippen LogP contribution in [0.15, 0.2) is 17.2 Å². The molecule has 0 amide bonds. The number of rotatable bonds is 11. The smallest absolute Gasteiger partial charge is 0.331 e. The zero-order chi connectivity index (χ0) is 21.4. The fourth-order valence-corrected chi connectivity index (χ4v) is 3.32. The number of carbonyl (C=O) groups is 1. The van der Waals surface area contributed by atoms with E-state index in [0.29, 0.717) is 32.5 Å². The number of hydrogen-bond acceptors (Lipinski definition) is 6. The average molecular weight is 450 g/mol. The Labute approximate surface area is 182 Å². The van der Waals surface area contributed by atoms with E-state index >= 15 is 0 Å². The normalized spacial score (nSPS) is 15.4. The van der Waals surface area contributed by atoms with Crippen molar-refractivity contribution < 1.29 is 28.2 Å². The van der Waals surface area contributed by atoms with Gasteiger partial charge >= 0.3 is 5.97 Å². The Hall–Kier alpha value is -1.97. The summed E-state index contributed by atoms with van der Waals surface area (Å²) in [6.07, 6.45) is 3.67. The Morgan fingerprint density at radius 1 is 1.20 bits per heavy atom. The summed E-state index contributed by atoms with van der Waals surface area (Å²) >= 11 is 0. The fourth-order valence-electron chi connectivity index (χ4n) is 3.32. The molecule has 0 aliphatic heterocycles. The van der Waals surface area contributed by atoms with Gasteiger partial charge in [0.05, 0.1) is 12.8 Å². The van der Waals surface area contributed by atoms with Crippen LogP contribution in [0, 0.1) is 11.6 Å². The minimum absolute atomic E-state index is 0. The zero-order valence-electron chi connectivity index (χ0n) is 17.6. The fraction of sp³-hybridized carbons (Fsp3) is 0.600. The third-order valence-electron chi connectivity index (χ3n) is 5.30. The van der Waals surface area contributed by atoms with Gasteiger partial charge in [-0.05, 0) is 32.0 Å². The summed E-state index contributed by atoms with van der Waals surface area (Å²) in [5, 5.41) is 15.0. The topological polar surface area (TPSA) is 74.6 Å². The number of hydrazone groups is 1. The van der Waals surface area contributed by atoms with Gasteiger partial charge in [-0.2, -0.15) is 9.49 Å². The van der Waals surface area contributed by atoms with Crippen LogP contribution in [0.25, 0.3) is 0 Å². The quantitative estimate of drug-likeness (QED) is 0.413. The number of halogens is 3. The van der Waals surface area contributed by atoms with Crippen LogP contribution in [0.3, 0.4) is 0 Å². The maximum Gasteiger partial charge on any atom is 0.331 e. The van der Waals surface area contributed by atoms with Crippen molar-refractivity contribution in [1.82, 2.24) is 9.91 Å². The molecule has 0 aromatic heterocycles. The van der Waals surface area contributed by atoms with Crippen LogP contribution in [-0.2, 0) is 9.53 Å². The predicted octanol–water partition coefficient (Wildman–Crippen LogP) is 3.01. The maximum absolute atomic E-state index is 14.4. The van der Waals surface area contributed by atoms with Crippen LogP contribution in [0.1, 0.15) is 31.2 Å². The van der Waals surface area contributed by atoms with Gasteiger partial charge in [0.25, 0.3) is 0 Å². The maximum atomic E-state index is 14.4. The largest absolute Gasteiger partial charge is 0.489 e. The molecule has 30 heavy (non-hydrogen) atoms. The van der Waals surface area contributed by atoms with E-state index in [4.69, 9.17) is 9.47 Å². The van der Waals surface area contributed by atoms with E-state index < -0.39 is 23.1 Å². The molecule has 0 bridgehead atoms. The number of hydrogen-bond donors (Lipinski definition) is 1. The van der Waals surface area contributed by atoms with Gasteiger partial charge in [-0.1, -0.05) is 12.8 Å². The molecule has 1 aromatic carbocycles. The van der Waals surface area contributed by atoms with E-state index in [1.54, 1.807) is 14.2 Å². The zero-order valence-corrected chi connectivity index (χ0v) is 18.4. The van der Waals surface area contributed by atoms with E-state index in [1.165, 1.54) is 17.1 Å². The van der Waals surface area contributed by atoms with Crippen LogP contribution in [-0.4, -0.2) is 80.2 Å². The Morgan fingerprint density at radius 3 is 2.43 bits per heavy atom. The highest BCUT2D eigenvalue weighted by molar-refractivity contribution is 5.85. The molecule has 1 fully saturated rings. The Kier molecular flexibility index (Phi) is 10.4. The highest BCUT2D eigenvalue weighted by atomic mass is 35.5. The van der Waals surface area contributed by atoms with Crippen molar-refractivity contribution in [3.8, 4) is 5.75 Å². The highest BCUT2D eigenvalue weighted by Crippen LogP contribution is 2.35. The number of aliphatic carboxylic acids is 1. The van der Waals surface area contributed by atoms with Crippen molar-refractivity contribution in [3.63, 3.8) is 0 Å². The van der Waals surface area contributed by atoms with Gasteiger partial charge in [0, 0.05) is 32.8 Å². The van der Waals surface area contributed by atoms with Crippen molar-refractivity contribution in [1.29, 1.82) is 0 Å². The first-order valence-electron chi connectivity index (χ1n) is 9.61. The van der Waals surface area contributed by atoms with Crippen molar-refractivity contribution in [3.05, 3.63) is 29.3 Å². The summed E-state index contributed by atoms with van der Waals surface area (Å²) in [6, 6.07) is 2.71.